The second-order valence-electron chi connectivity index (χ2n) is 7.32. The number of rotatable bonds is 3. The van der Waals surface area contributed by atoms with E-state index in [9.17, 15) is 14.0 Å². The minimum atomic E-state index is -0.569. The van der Waals surface area contributed by atoms with Gasteiger partial charge in [0.15, 0.2) is 5.65 Å². The molecule has 0 saturated heterocycles. The quantitative estimate of drug-likeness (QED) is 0.399. The highest BCUT2D eigenvalue weighted by atomic mass is 35.5. The molecule has 0 atom stereocenters. The molecule has 0 spiro atoms. The van der Waals surface area contributed by atoms with Gasteiger partial charge in [-0.3, -0.25) is 15.0 Å². The van der Waals surface area contributed by atoms with E-state index in [1.54, 1.807) is 22.7 Å². The van der Waals surface area contributed by atoms with E-state index in [0.29, 0.717) is 21.9 Å². The van der Waals surface area contributed by atoms with Crippen LogP contribution in [0.15, 0.2) is 65.7 Å². The van der Waals surface area contributed by atoms with Crippen LogP contribution in [0.4, 0.5) is 4.39 Å². The van der Waals surface area contributed by atoms with Crippen molar-refractivity contribution < 1.29 is 9.18 Å². The lowest BCUT2D eigenvalue weighted by atomic mass is 10.1. The van der Waals surface area contributed by atoms with Crippen molar-refractivity contribution >= 4 is 45.7 Å². The molecule has 0 aliphatic carbocycles. The molecular formula is C23H14Cl2FN5O2. The molecule has 3 heterocycles. The fourth-order valence-electron chi connectivity index (χ4n) is 3.66. The Morgan fingerprint density at radius 1 is 1.09 bits per heavy atom. The number of fused-ring (bicyclic) bond motifs is 3. The van der Waals surface area contributed by atoms with Crippen molar-refractivity contribution in [2.24, 2.45) is 0 Å². The largest absolute Gasteiger partial charge is 0.280 e. The number of aryl methyl sites for hydroxylation is 1. The lowest BCUT2D eigenvalue weighted by Gasteiger charge is -2.11. The van der Waals surface area contributed by atoms with Gasteiger partial charge in [-0.05, 0) is 48.9 Å². The Balaban J connectivity index is 1.59. The average Bonchev–Trinajstić information content (AvgIpc) is 3.12. The lowest BCUT2D eigenvalue weighted by Crippen LogP contribution is -2.33. The molecule has 0 unspecified atom stereocenters. The maximum absolute atomic E-state index is 13.4. The van der Waals surface area contributed by atoms with Gasteiger partial charge in [0, 0.05) is 23.0 Å². The number of pyridine rings is 1. The zero-order valence-corrected chi connectivity index (χ0v) is 18.5. The molecule has 1 amide bonds. The van der Waals surface area contributed by atoms with Gasteiger partial charge in [0.25, 0.3) is 11.5 Å². The third-order valence-corrected chi connectivity index (χ3v) is 5.77. The van der Waals surface area contributed by atoms with E-state index >= 15 is 0 Å². The van der Waals surface area contributed by atoms with Crippen LogP contribution in [0.5, 0.6) is 0 Å². The summed E-state index contributed by atoms with van der Waals surface area (Å²) in [5.41, 5.74) is 5.42. The summed E-state index contributed by atoms with van der Waals surface area (Å²) in [6, 6.07) is 12.1. The van der Waals surface area contributed by atoms with Crippen LogP contribution in [0.3, 0.4) is 0 Å². The molecule has 1 N–H and O–H groups in total. The van der Waals surface area contributed by atoms with Crippen LogP contribution >= 0.6 is 23.2 Å². The van der Waals surface area contributed by atoms with Gasteiger partial charge in [-0.2, -0.15) is 5.10 Å². The van der Waals surface area contributed by atoms with Gasteiger partial charge in [-0.15, -0.1) is 0 Å². The SMILES string of the molecule is Cc1nn2c(ncc3c(=O)n(NC(=O)c4ccc(Cl)cc4Cl)ccc32)c1-c1ccc(F)cc1. The fourth-order valence-corrected chi connectivity index (χ4v) is 4.16. The van der Waals surface area contributed by atoms with Gasteiger partial charge in [0.1, 0.15) is 5.82 Å². The van der Waals surface area contributed by atoms with Crippen LogP contribution in [0.1, 0.15) is 16.1 Å². The third kappa shape index (κ3) is 3.63. The predicted molar refractivity (Wildman–Crippen MR) is 125 cm³/mol. The smallest absolute Gasteiger partial charge is 0.267 e. The maximum atomic E-state index is 13.4. The van der Waals surface area contributed by atoms with Gasteiger partial charge in [-0.25, -0.2) is 18.6 Å². The topological polar surface area (TPSA) is 81.3 Å². The van der Waals surface area contributed by atoms with E-state index < -0.39 is 11.5 Å². The van der Waals surface area contributed by atoms with Crippen molar-refractivity contribution in [1.29, 1.82) is 0 Å². The molecule has 2 aromatic carbocycles. The van der Waals surface area contributed by atoms with Crippen molar-refractivity contribution in [2.75, 3.05) is 5.43 Å². The Labute approximate surface area is 196 Å². The first-order chi connectivity index (χ1) is 15.8. The monoisotopic (exact) mass is 481 g/mol. The zero-order valence-electron chi connectivity index (χ0n) is 17.0. The van der Waals surface area contributed by atoms with Gasteiger partial charge in [-0.1, -0.05) is 35.3 Å². The third-order valence-electron chi connectivity index (χ3n) is 5.22. The number of nitrogens with one attached hydrogen (secondary N) is 1. The molecule has 0 bridgehead atoms. The number of benzene rings is 2. The van der Waals surface area contributed by atoms with Crippen LogP contribution in [0, 0.1) is 12.7 Å². The molecule has 0 saturated carbocycles. The number of aromatic nitrogens is 4. The van der Waals surface area contributed by atoms with E-state index in [4.69, 9.17) is 23.2 Å². The number of hydrogen-bond acceptors (Lipinski definition) is 4. The molecule has 5 rings (SSSR count). The van der Waals surface area contributed by atoms with Gasteiger partial charge in [0.2, 0.25) is 0 Å². The Morgan fingerprint density at radius 2 is 1.85 bits per heavy atom. The van der Waals surface area contributed by atoms with E-state index in [2.05, 4.69) is 15.5 Å². The number of amides is 1. The highest BCUT2D eigenvalue weighted by Gasteiger charge is 2.17. The van der Waals surface area contributed by atoms with Crippen LogP contribution < -0.4 is 11.0 Å². The molecule has 5 aromatic rings. The lowest BCUT2D eigenvalue weighted by molar-refractivity contribution is 0.101. The highest BCUT2D eigenvalue weighted by Crippen LogP contribution is 2.28. The first kappa shape index (κ1) is 21.1. The van der Waals surface area contributed by atoms with Gasteiger partial charge in [0.05, 0.1) is 27.2 Å². The van der Waals surface area contributed by atoms with Crippen molar-refractivity contribution in [1.82, 2.24) is 19.3 Å². The second-order valence-corrected chi connectivity index (χ2v) is 8.16. The van der Waals surface area contributed by atoms with Gasteiger partial charge < -0.3 is 0 Å². The maximum Gasteiger partial charge on any atom is 0.280 e. The van der Waals surface area contributed by atoms with Gasteiger partial charge >= 0.3 is 0 Å². The van der Waals surface area contributed by atoms with Crippen LogP contribution in [0.25, 0.3) is 27.7 Å². The summed E-state index contributed by atoms with van der Waals surface area (Å²) in [5.74, 6) is -0.908. The number of nitrogens with zero attached hydrogens (tertiary/aromatic N) is 4. The average molecular weight is 482 g/mol. The molecule has 33 heavy (non-hydrogen) atoms. The minimum absolute atomic E-state index is 0.164. The standard InChI is InChI=1S/C23H14Cl2FN5O2/c1-12-20(13-2-5-15(26)6-3-13)21-27-11-17-19(31(21)28-12)8-9-30(23(17)33)29-22(32)16-7-4-14(24)10-18(16)25/h2-11H,1H3,(H,29,32). The second kappa shape index (κ2) is 7.99. The normalized spacial score (nSPS) is 11.3. The molecule has 0 fully saturated rings. The van der Waals surface area contributed by atoms with E-state index in [1.807, 2.05) is 6.92 Å². The number of hydrogen-bond donors (Lipinski definition) is 1. The fraction of sp³-hybridized carbons (Fsp3) is 0.0435. The minimum Gasteiger partial charge on any atom is -0.267 e. The van der Waals surface area contributed by atoms with E-state index in [1.165, 1.54) is 42.7 Å². The number of halogens is 3. The first-order valence-corrected chi connectivity index (χ1v) is 10.5. The highest BCUT2D eigenvalue weighted by molar-refractivity contribution is 6.37. The number of carbonyl (C=O) groups excluding carboxylic acids is 1. The summed E-state index contributed by atoms with van der Waals surface area (Å²) in [6.45, 7) is 1.82. The summed E-state index contributed by atoms with van der Waals surface area (Å²) in [5, 5.41) is 5.34. The summed E-state index contributed by atoms with van der Waals surface area (Å²) in [6.07, 6.45) is 2.86. The molecular weight excluding hydrogens is 468 g/mol. The molecule has 0 aliphatic rings. The molecule has 164 valence electrons. The van der Waals surface area contributed by atoms with Crippen molar-refractivity contribution in [2.45, 2.75) is 6.92 Å². The predicted octanol–water partition coefficient (Wildman–Crippen LogP) is 4.85. The molecule has 10 heteroatoms. The Hall–Kier alpha value is -3.75. The Kier molecular flexibility index (Phi) is 5.11. The van der Waals surface area contributed by atoms with Crippen LogP contribution in [-0.4, -0.2) is 25.2 Å². The Bertz CT molecular complexity index is 1630. The zero-order chi connectivity index (χ0) is 23.3. The van der Waals surface area contributed by atoms with E-state index in [-0.39, 0.29) is 21.8 Å². The van der Waals surface area contributed by atoms with E-state index in [0.717, 1.165) is 15.8 Å². The molecule has 0 aliphatic heterocycles. The van der Waals surface area contributed by atoms with Crippen molar-refractivity contribution in [3.63, 3.8) is 0 Å². The molecule has 7 nitrogen and oxygen atoms in total. The summed E-state index contributed by atoms with van der Waals surface area (Å²) in [4.78, 5) is 30.1. The first-order valence-electron chi connectivity index (χ1n) is 9.75. The summed E-state index contributed by atoms with van der Waals surface area (Å²) >= 11 is 12.0. The molecule has 3 aromatic heterocycles. The summed E-state index contributed by atoms with van der Waals surface area (Å²) in [7, 11) is 0. The van der Waals surface area contributed by atoms with Crippen LogP contribution in [-0.2, 0) is 0 Å². The Morgan fingerprint density at radius 3 is 2.58 bits per heavy atom. The van der Waals surface area contributed by atoms with Crippen LogP contribution in [0.2, 0.25) is 10.0 Å². The number of carbonyl (C=O) groups is 1. The summed E-state index contributed by atoms with van der Waals surface area (Å²) < 4.78 is 16.0. The van der Waals surface area contributed by atoms with Crippen molar-refractivity contribution in [3.8, 4) is 11.1 Å². The van der Waals surface area contributed by atoms with Crippen molar-refractivity contribution in [3.05, 3.63) is 98.4 Å². The molecule has 0 radical (unpaired) electrons.